The van der Waals surface area contributed by atoms with E-state index in [0.717, 1.165) is 0 Å². The van der Waals surface area contributed by atoms with E-state index in [-0.39, 0.29) is 23.3 Å². The van der Waals surface area contributed by atoms with Crippen molar-refractivity contribution < 1.29 is 9.59 Å². The predicted octanol–water partition coefficient (Wildman–Crippen LogP) is 0.0968. The molecule has 17 heavy (non-hydrogen) atoms. The molecule has 1 heterocycles. The van der Waals surface area contributed by atoms with E-state index >= 15 is 0 Å². The van der Waals surface area contributed by atoms with Crippen molar-refractivity contribution in [2.75, 3.05) is 13.6 Å². The zero-order valence-corrected chi connectivity index (χ0v) is 11.1. The lowest BCUT2D eigenvalue weighted by Crippen LogP contribution is -2.55. The quantitative estimate of drug-likeness (QED) is 0.720. The molecule has 0 aliphatic carbocycles. The Morgan fingerprint density at radius 3 is 2.59 bits per heavy atom. The van der Waals surface area contributed by atoms with Gasteiger partial charge in [-0.25, -0.2) is 0 Å². The van der Waals surface area contributed by atoms with Gasteiger partial charge in [0.15, 0.2) is 0 Å². The number of nitrogens with one attached hydrogen (secondary N) is 1. The second kappa shape index (κ2) is 5.04. The average Bonchev–Trinajstić information content (AvgIpc) is 2.21. The number of amides is 2. The van der Waals surface area contributed by atoms with E-state index in [1.807, 2.05) is 20.8 Å². The summed E-state index contributed by atoms with van der Waals surface area (Å²) in [5.74, 6) is 0.000804. The molecular formula is C12H23N3O2. The highest BCUT2D eigenvalue weighted by molar-refractivity contribution is 5.83. The van der Waals surface area contributed by atoms with Crippen molar-refractivity contribution in [2.45, 2.75) is 45.7 Å². The van der Waals surface area contributed by atoms with Crippen LogP contribution >= 0.6 is 0 Å². The number of hydrogen-bond acceptors (Lipinski definition) is 3. The number of carbonyl (C=O) groups is 2. The van der Waals surface area contributed by atoms with Gasteiger partial charge in [-0.05, 0) is 11.8 Å². The van der Waals surface area contributed by atoms with E-state index in [0.29, 0.717) is 19.4 Å². The Kier molecular flexibility index (Phi) is 4.14. The van der Waals surface area contributed by atoms with Gasteiger partial charge in [0.2, 0.25) is 11.8 Å². The van der Waals surface area contributed by atoms with Gasteiger partial charge in [0, 0.05) is 26.1 Å². The van der Waals surface area contributed by atoms with E-state index in [2.05, 4.69) is 5.32 Å². The molecule has 1 fully saturated rings. The molecular weight excluding hydrogens is 218 g/mol. The molecule has 3 N–H and O–H groups in total. The number of likely N-dealkylation sites (N-methyl/N-ethyl adjacent to an activating group) is 1. The predicted molar refractivity (Wildman–Crippen MR) is 66.2 cm³/mol. The van der Waals surface area contributed by atoms with Crippen molar-refractivity contribution in [1.82, 2.24) is 10.2 Å². The van der Waals surface area contributed by atoms with Crippen LogP contribution in [0.5, 0.6) is 0 Å². The highest BCUT2D eigenvalue weighted by atomic mass is 16.2. The Morgan fingerprint density at radius 1 is 1.53 bits per heavy atom. The Morgan fingerprint density at radius 2 is 2.12 bits per heavy atom. The molecule has 5 nitrogen and oxygen atoms in total. The molecule has 1 unspecified atom stereocenters. The van der Waals surface area contributed by atoms with Crippen LogP contribution in [-0.2, 0) is 9.59 Å². The first-order valence-electron chi connectivity index (χ1n) is 6.01. The first kappa shape index (κ1) is 14.0. The molecule has 0 radical (unpaired) electrons. The molecule has 1 rings (SSSR count). The van der Waals surface area contributed by atoms with E-state index in [4.69, 9.17) is 5.73 Å². The van der Waals surface area contributed by atoms with E-state index < -0.39 is 6.04 Å². The Balaban J connectivity index is 2.50. The van der Waals surface area contributed by atoms with Crippen LogP contribution in [0.4, 0.5) is 0 Å². The molecule has 0 aromatic carbocycles. The fraction of sp³-hybridized carbons (Fsp3) is 0.833. The number of rotatable bonds is 2. The molecule has 1 aliphatic rings. The lowest BCUT2D eigenvalue weighted by Gasteiger charge is -2.33. The zero-order chi connectivity index (χ0) is 13.2. The van der Waals surface area contributed by atoms with Crippen molar-refractivity contribution in [2.24, 2.45) is 11.1 Å². The van der Waals surface area contributed by atoms with Gasteiger partial charge in [0.25, 0.3) is 0 Å². The first-order chi connectivity index (χ1) is 7.71. The van der Waals surface area contributed by atoms with Gasteiger partial charge in [-0.15, -0.1) is 0 Å². The summed E-state index contributed by atoms with van der Waals surface area (Å²) in [6, 6.07) is -0.496. The van der Waals surface area contributed by atoms with Gasteiger partial charge in [-0.3, -0.25) is 9.59 Å². The van der Waals surface area contributed by atoms with Crippen LogP contribution in [0, 0.1) is 5.41 Å². The van der Waals surface area contributed by atoms with Crippen molar-refractivity contribution >= 4 is 11.8 Å². The van der Waals surface area contributed by atoms with E-state index in [9.17, 15) is 9.59 Å². The number of carbonyl (C=O) groups excluding carboxylic acids is 2. The number of likely N-dealkylation sites (tertiary alicyclic amines) is 1. The zero-order valence-electron chi connectivity index (χ0n) is 11.1. The summed E-state index contributed by atoms with van der Waals surface area (Å²) in [4.78, 5) is 24.9. The molecule has 0 aromatic heterocycles. The maximum Gasteiger partial charge on any atom is 0.237 e. The summed E-state index contributed by atoms with van der Waals surface area (Å²) in [5.41, 5.74) is 5.63. The van der Waals surface area contributed by atoms with Gasteiger partial charge in [0.1, 0.15) is 0 Å². The number of hydrogen-bond donors (Lipinski definition) is 2. The Bertz CT molecular complexity index is 309. The Labute approximate surface area is 103 Å². The highest BCUT2D eigenvalue weighted by Gasteiger charge is 2.30. The molecule has 0 aromatic rings. The molecule has 0 spiro atoms. The van der Waals surface area contributed by atoms with Crippen molar-refractivity contribution in [3.05, 3.63) is 0 Å². The molecule has 2 amide bonds. The number of piperidine rings is 1. The normalized spacial score (nSPS) is 23.5. The summed E-state index contributed by atoms with van der Waals surface area (Å²) >= 11 is 0. The van der Waals surface area contributed by atoms with E-state index in [1.54, 1.807) is 11.9 Å². The summed E-state index contributed by atoms with van der Waals surface area (Å²) in [5, 5.41) is 2.92. The summed E-state index contributed by atoms with van der Waals surface area (Å²) in [6.45, 7) is 6.39. The monoisotopic (exact) mass is 241 g/mol. The van der Waals surface area contributed by atoms with Crippen LogP contribution in [0.25, 0.3) is 0 Å². The second-order valence-corrected chi connectivity index (χ2v) is 5.86. The molecule has 1 saturated heterocycles. The van der Waals surface area contributed by atoms with Crippen LogP contribution in [0.2, 0.25) is 0 Å². The molecule has 2 atom stereocenters. The fourth-order valence-electron chi connectivity index (χ4n) is 1.81. The lowest BCUT2D eigenvalue weighted by atomic mass is 9.86. The average molecular weight is 241 g/mol. The fourth-order valence-corrected chi connectivity index (χ4v) is 1.81. The van der Waals surface area contributed by atoms with Gasteiger partial charge < -0.3 is 16.0 Å². The minimum Gasteiger partial charge on any atom is -0.350 e. The van der Waals surface area contributed by atoms with Crippen LogP contribution < -0.4 is 11.1 Å². The largest absolute Gasteiger partial charge is 0.350 e. The lowest BCUT2D eigenvalue weighted by molar-refractivity contribution is -0.134. The summed E-state index contributed by atoms with van der Waals surface area (Å²) in [7, 11) is 1.75. The minimum atomic E-state index is -0.523. The van der Waals surface area contributed by atoms with Crippen molar-refractivity contribution in [3.8, 4) is 0 Å². The van der Waals surface area contributed by atoms with Crippen LogP contribution in [0.15, 0.2) is 0 Å². The number of nitrogens with zero attached hydrogens (tertiary/aromatic N) is 1. The summed E-state index contributed by atoms with van der Waals surface area (Å²) in [6.07, 6.45) is 1.19. The molecule has 98 valence electrons. The van der Waals surface area contributed by atoms with Gasteiger partial charge >= 0.3 is 0 Å². The SMILES string of the molecule is CN1CC(NC(=O)[C@@H](N)C(C)(C)C)CCC1=O. The Hall–Kier alpha value is -1.10. The minimum absolute atomic E-state index is 0.0265. The third-order valence-electron chi connectivity index (χ3n) is 3.19. The third-order valence-corrected chi connectivity index (χ3v) is 3.19. The maximum atomic E-state index is 11.9. The molecule has 0 bridgehead atoms. The first-order valence-corrected chi connectivity index (χ1v) is 6.01. The highest BCUT2D eigenvalue weighted by Crippen LogP contribution is 2.18. The van der Waals surface area contributed by atoms with Crippen LogP contribution in [-0.4, -0.2) is 42.4 Å². The molecule has 5 heteroatoms. The summed E-state index contributed by atoms with van der Waals surface area (Å²) < 4.78 is 0. The van der Waals surface area contributed by atoms with Gasteiger partial charge in [0.05, 0.1) is 6.04 Å². The van der Waals surface area contributed by atoms with Crippen LogP contribution in [0.1, 0.15) is 33.6 Å². The van der Waals surface area contributed by atoms with Gasteiger partial charge in [-0.1, -0.05) is 20.8 Å². The third kappa shape index (κ3) is 3.70. The molecule has 1 aliphatic heterocycles. The standard InChI is InChI=1S/C12H23N3O2/c1-12(2,3)10(13)11(17)14-8-5-6-9(16)15(4)7-8/h8,10H,5-7,13H2,1-4H3,(H,14,17)/t8?,10-/m1/s1. The molecule has 0 saturated carbocycles. The van der Waals surface area contributed by atoms with E-state index in [1.165, 1.54) is 0 Å². The van der Waals surface area contributed by atoms with Crippen molar-refractivity contribution in [1.29, 1.82) is 0 Å². The van der Waals surface area contributed by atoms with Crippen molar-refractivity contribution in [3.63, 3.8) is 0 Å². The van der Waals surface area contributed by atoms with Crippen LogP contribution in [0.3, 0.4) is 0 Å². The second-order valence-electron chi connectivity index (χ2n) is 5.86. The van der Waals surface area contributed by atoms with Gasteiger partial charge in [-0.2, -0.15) is 0 Å². The smallest absolute Gasteiger partial charge is 0.237 e. The maximum absolute atomic E-state index is 11.9. The number of nitrogens with two attached hydrogens (primary N) is 1. The topological polar surface area (TPSA) is 75.4 Å².